The van der Waals surface area contributed by atoms with Crippen molar-refractivity contribution < 1.29 is 4.79 Å². The van der Waals surface area contributed by atoms with Crippen LogP contribution in [0.15, 0.2) is 35.5 Å². The van der Waals surface area contributed by atoms with Crippen LogP contribution in [0.5, 0.6) is 0 Å². The molecule has 4 rings (SSSR count). The minimum atomic E-state index is 0.152. The number of carbonyl (C=O) groups excluding carboxylic acids is 1. The molecule has 0 aromatic heterocycles. The highest BCUT2D eigenvalue weighted by atomic mass is 16.1. The summed E-state index contributed by atoms with van der Waals surface area (Å²) in [7, 11) is 0. The van der Waals surface area contributed by atoms with E-state index in [0.717, 1.165) is 23.8 Å². The Hall–Kier alpha value is -1.11. The standard InChI is InChI=1S/C21H28O/c1-14(22)17-9-10-18-16-8-7-15-6-4-5-12-20(15,2)19(16)11-13-21(17,18)3/h4,6-7,9,16,18-19H,5,8,10-13H2,1-3H3/t16-,18-,19-,20-,21+/m0/s1. The van der Waals surface area contributed by atoms with Gasteiger partial charge in [0.1, 0.15) is 0 Å². The zero-order chi connectivity index (χ0) is 15.5. The number of hydrogen-bond acceptors (Lipinski definition) is 1. The molecule has 0 N–H and O–H groups in total. The summed E-state index contributed by atoms with van der Waals surface area (Å²) in [5.41, 5.74) is 3.28. The van der Waals surface area contributed by atoms with Crippen LogP contribution in [0, 0.1) is 28.6 Å². The number of rotatable bonds is 1. The van der Waals surface area contributed by atoms with E-state index in [9.17, 15) is 4.79 Å². The third-order valence-corrected chi connectivity index (χ3v) is 7.61. The third-order valence-electron chi connectivity index (χ3n) is 7.61. The van der Waals surface area contributed by atoms with E-state index in [4.69, 9.17) is 0 Å². The molecule has 4 aliphatic carbocycles. The number of Topliss-reactive ketones (excluding diaryl/α,β-unsaturated/α-hetero) is 1. The van der Waals surface area contributed by atoms with Crippen LogP contribution >= 0.6 is 0 Å². The Kier molecular flexibility index (Phi) is 3.09. The number of fused-ring (bicyclic) bond motifs is 5. The van der Waals surface area contributed by atoms with Gasteiger partial charge in [-0.2, -0.15) is 0 Å². The smallest absolute Gasteiger partial charge is 0.156 e. The summed E-state index contributed by atoms with van der Waals surface area (Å²) in [6, 6.07) is 0. The molecule has 118 valence electrons. The van der Waals surface area contributed by atoms with Gasteiger partial charge in [-0.25, -0.2) is 0 Å². The van der Waals surface area contributed by atoms with Crippen LogP contribution in [0.1, 0.15) is 59.3 Å². The Morgan fingerprint density at radius 2 is 1.91 bits per heavy atom. The minimum absolute atomic E-state index is 0.152. The molecule has 0 amide bonds. The average molecular weight is 296 g/mol. The van der Waals surface area contributed by atoms with Crippen molar-refractivity contribution in [2.75, 3.05) is 0 Å². The Labute approximate surface area is 134 Å². The van der Waals surface area contributed by atoms with Gasteiger partial charge in [0.25, 0.3) is 0 Å². The van der Waals surface area contributed by atoms with Crippen molar-refractivity contribution in [3.63, 3.8) is 0 Å². The molecular weight excluding hydrogens is 268 g/mol. The molecule has 0 heterocycles. The molecule has 0 radical (unpaired) electrons. The molecule has 5 atom stereocenters. The maximum absolute atomic E-state index is 12.1. The molecule has 1 fully saturated rings. The van der Waals surface area contributed by atoms with Crippen molar-refractivity contribution in [2.45, 2.75) is 59.3 Å². The summed E-state index contributed by atoms with van der Waals surface area (Å²) in [5, 5.41) is 0. The normalized spacial score (nSPS) is 46.2. The van der Waals surface area contributed by atoms with Gasteiger partial charge in [0.05, 0.1) is 0 Å². The predicted octanol–water partition coefficient (Wildman–Crippen LogP) is 5.24. The molecular formula is C21H28O. The molecule has 22 heavy (non-hydrogen) atoms. The van der Waals surface area contributed by atoms with Gasteiger partial charge < -0.3 is 0 Å². The van der Waals surface area contributed by atoms with Crippen LogP contribution in [0.25, 0.3) is 0 Å². The fourth-order valence-corrected chi connectivity index (χ4v) is 6.41. The van der Waals surface area contributed by atoms with Crippen molar-refractivity contribution in [3.8, 4) is 0 Å². The lowest BCUT2D eigenvalue weighted by Gasteiger charge is -2.56. The number of ketones is 1. The lowest BCUT2D eigenvalue weighted by molar-refractivity contribution is -0.115. The van der Waals surface area contributed by atoms with Gasteiger partial charge in [-0.1, -0.05) is 38.2 Å². The van der Waals surface area contributed by atoms with E-state index in [1.165, 1.54) is 32.1 Å². The first kappa shape index (κ1) is 14.5. The molecule has 0 aromatic carbocycles. The van der Waals surface area contributed by atoms with Gasteiger partial charge in [0, 0.05) is 0 Å². The lowest BCUT2D eigenvalue weighted by atomic mass is 9.48. The zero-order valence-electron chi connectivity index (χ0n) is 14.2. The van der Waals surface area contributed by atoms with E-state index in [1.807, 2.05) is 0 Å². The van der Waals surface area contributed by atoms with Gasteiger partial charge in [0.15, 0.2) is 5.78 Å². The molecule has 1 heteroatoms. The highest BCUT2D eigenvalue weighted by Gasteiger charge is 2.56. The monoisotopic (exact) mass is 296 g/mol. The number of hydrogen-bond donors (Lipinski definition) is 0. The molecule has 0 unspecified atom stereocenters. The van der Waals surface area contributed by atoms with Crippen LogP contribution in [-0.4, -0.2) is 5.78 Å². The van der Waals surface area contributed by atoms with Crippen molar-refractivity contribution in [1.29, 1.82) is 0 Å². The van der Waals surface area contributed by atoms with Crippen molar-refractivity contribution in [1.82, 2.24) is 0 Å². The molecule has 0 aromatic rings. The highest BCUT2D eigenvalue weighted by Crippen LogP contribution is 2.64. The van der Waals surface area contributed by atoms with Crippen LogP contribution in [0.4, 0.5) is 0 Å². The second-order valence-electron chi connectivity index (χ2n) is 8.50. The van der Waals surface area contributed by atoms with Gasteiger partial charge >= 0.3 is 0 Å². The lowest BCUT2D eigenvalue weighted by Crippen LogP contribution is -2.48. The van der Waals surface area contributed by atoms with Gasteiger partial charge in [-0.05, 0) is 85.2 Å². The van der Waals surface area contributed by atoms with Crippen LogP contribution in [-0.2, 0) is 4.79 Å². The maximum atomic E-state index is 12.1. The quantitative estimate of drug-likeness (QED) is 0.646. The fourth-order valence-electron chi connectivity index (χ4n) is 6.41. The summed E-state index contributed by atoms with van der Waals surface area (Å²) in [4.78, 5) is 12.1. The largest absolute Gasteiger partial charge is 0.295 e. The van der Waals surface area contributed by atoms with Gasteiger partial charge in [0.2, 0.25) is 0 Å². The van der Waals surface area contributed by atoms with E-state index in [2.05, 4.69) is 38.2 Å². The maximum Gasteiger partial charge on any atom is 0.156 e. The average Bonchev–Trinajstić information content (AvgIpc) is 2.84. The summed E-state index contributed by atoms with van der Waals surface area (Å²) in [6.07, 6.45) is 16.9. The summed E-state index contributed by atoms with van der Waals surface area (Å²) >= 11 is 0. The third kappa shape index (κ3) is 1.74. The van der Waals surface area contributed by atoms with E-state index >= 15 is 0 Å². The number of carbonyl (C=O) groups is 1. The minimum Gasteiger partial charge on any atom is -0.295 e. The Balaban J connectivity index is 1.71. The zero-order valence-corrected chi connectivity index (χ0v) is 14.2. The SMILES string of the molecule is CC(=O)C1=CC[C@H]2[C@@H]3CC=C4C=CCC[C@]4(C)[C@H]3CC[C@]12C. The second kappa shape index (κ2) is 4.69. The molecule has 0 saturated heterocycles. The first-order chi connectivity index (χ1) is 10.5. The van der Waals surface area contributed by atoms with Crippen molar-refractivity contribution in [3.05, 3.63) is 35.5 Å². The first-order valence-corrected chi connectivity index (χ1v) is 9.05. The molecule has 1 saturated carbocycles. The highest BCUT2D eigenvalue weighted by molar-refractivity contribution is 5.95. The molecule has 0 aliphatic heterocycles. The topological polar surface area (TPSA) is 17.1 Å². The molecule has 1 nitrogen and oxygen atoms in total. The van der Waals surface area contributed by atoms with Crippen molar-refractivity contribution >= 4 is 5.78 Å². The Bertz CT molecular complexity index is 607. The first-order valence-electron chi connectivity index (χ1n) is 9.05. The van der Waals surface area contributed by atoms with Crippen LogP contribution < -0.4 is 0 Å². The summed E-state index contributed by atoms with van der Waals surface area (Å²) in [5.74, 6) is 2.58. The van der Waals surface area contributed by atoms with E-state index in [0.29, 0.717) is 17.1 Å². The second-order valence-corrected chi connectivity index (χ2v) is 8.50. The van der Waals surface area contributed by atoms with E-state index in [-0.39, 0.29) is 5.41 Å². The van der Waals surface area contributed by atoms with Gasteiger partial charge in [-0.3, -0.25) is 4.79 Å². The van der Waals surface area contributed by atoms with Crippen LogP contribution in [0.2, 0.25) is 0 Å². The van der Waals surface area contributed by atoms with E-state index in [1.54, 1.807) is 12.5 Å². The molecule has 0 bridgehead atoms. The Morgan fingerprint density at radius 3 is 2.68 bits per heavy atom. The van der Waals surface area contributed by atoms with Crippen molar-refractivity contribution in [2.24, 2.45) is 28.6 Å². The van der Waals surface area contributed by atoms with E-state index < -0.39 is 0 Å². The summed E-state index contributed by atoms with van der Waals surface area (Å²) < 4.78 is 0. The molecule has 0 spiro atoms. The van der Waals surface area contributed by atoms with Crippen LogP contribution in [0.3, 0.4) is 0 Å². The summed E-state index contributed by atoms with van der Waals surface area (Å²) in [6.45, 7) is 6.64. The fraction of sp³-hybridized carbons (Fsp3) is 0.667. The molecule has 4 aliphatic rings. The Morgan fingerprint density at radius 1 is 1.09 bits per heavy atom. The number of allylic oxidation sites excluding steroid dienone is 6. The van der Waals surface area contributed by atoms with Gasteiger partial charge in [-0.15, -0.1) is 0 Å². The predicted molar refractivity (Wildman–Crippen MR) is 90.4 cm³/mol.